The lowest BCUT2D eigenvalue weighted by Gasteiger charge is -2.03. The van der Waals surface area contributed by atoms with Crippen molar-refractivity contribution >= 4 is 85.5 Å². The summed E-state index contributed by atoms with van der Waals surface area (Å²) >= 11 is 0. The summed E-state index contributed by atoms with van der Waals surface area (Å²) in [6, 6.07) is 62.8. The first-order valence-electron chi connectivity index (χ1n) is 26.7. The summed E-state index contributed by atoms with van der Waals surface area (Å²) in [6.45, 7) is 6.34. The van der Waals surface area contributed by atoms with E-state index in [0.717, 1.165) is 141 Å². The van der Waals surface area contributed by atoms with Gasteiger partial charge in [-0.2, -0.15) is 0 Å². The lowest BCUT2D eigenvalue weighted by molar-refractivity contribution is 1.31. The summed E-state index contributed by atoms with van der Waals surface area (Å²) in [7, 11) is 0. The molecule has 9 aromatic rings. The molecule has 79 heavy (non-hydrogen) atoms. The zero-order valence-corrected chi connectivity index (χ0v) is 44.0. The van der Waals surface area contributed by atoms with Crippen molar-refractivity contribution in [2.45, 2.75) is 66.7 Å². The van der Waals surface area contributed by atoms with Crippen LogP contribution in [0.25, 0.3) is 0 Å². The van der Waals surface area contributed by atoms with E-state index in [4.69, 9.17) is 47.2 Å². The van der Waals surface area contributed by atoms with Crippen molar-refractivity contribution in [3.63, 3.8) is 0 Å². The Morgan fingerprint density at radius 2 is 0.532 bits per heavy atom. The summed E-state index contributed by atoms with van der Waals surface area (Å²) in [5.74, 6) is 0. The molecule has 0 aliphatic carbocycles. The Balaban J connectivity index is 0.000000118. The van der Waals surface area contributed by atoms with Gasteiger partial charge in [0.2, 0.25) is 0 Å². The molecule has 0 radical (unpaired) electrons. The SMILES string of the molecule is C.Cc1ccc(C2=Nc3cc4c(cc3C2)CC(c2ccc(N)cc2)=N4)cc1.Cc1cccc(C2=Nc3cc4c(cc3C2)CC(c2ccc(N)cc2)=N4)c1.Cc1cccc(C2=Nc3cc4c(cc3C2)CC(c2cccc(N)c2)=N4)c1. The predicted octanol–water partition coefficient (Wildman–Crippen LogP) is 15.4. The predicted molar refractivity (Wildman–Crippen MR) is 332 cm³/mol. The highest BCUT2D eigenvalue weighted by Crippen LogP contribution is 2.42. The standard InChI is InChI=1S/3C23H19N3.CH4/c1-14-2-4-15(5-3-14)20-11-17-10-18-12-21(16-6-8-19(24)9-7-16)26-23(18)13-22(17)25-20;1-14-4-2-5-15(8-14)20-11-17-9-18-12-21(16-6-3-7-19(24)10-16)26-23(18)13-22(17)25-20;1-14-3-2-4-16(9-14)21-12-18-10-17-11-20(15-5-7-19(24)8-6-15)25-22(17)13-23(18)26-21;/h3*2-10,13H,11-12,24H2,1H3;1H4. The molecule has 6 aliphatic rings. The molecule has 386 valence electrons. The van der Waals surface area contributed by atoms with Gasteiger partial charge in [-0.25, -0.2) is 0 Å². The summed E-state index contributed by atoms with van der Waals surface area (Å²) in [5.41, 5.74) is 51.4. The molecule has 0 bridgehead atoms. The van der Waals surface area contributed by atoms with Crippen LogP contribution in [0.15, 0.2) is 212 Å². The Labute approximate surface area is 462 Å². The summed E-state index contributed by atoms with van der Waals surface area (Å²) in [4.78, 5) is 29.2. The van der Waals surface area contributed by atoms with Crippen molar-refractivity contribution in [1.29, 1.82) is 0 Å². The van der Waals surface area contributed by atoms with Gasteiger partial charge in [-0.1, -0.05) is 152 Å². The molecule has 0 fully saturated rings. The maximum absolute atomic E-state index is 5.92. The fourth-order valence-electron chi connectivity index (χ4n) is 11.1. The van der Waals surface area contributed by atoms with Crippen LogP contribution in [0.2, 0.25) is 0 Å². The van der Waals surface area contributed by atoms with Crippen LogP contribution in [-0.4, -0.2) is 34.3 Å². The number of fused-ring (bicyclic) bond motifs is 6. The van der Waals surface area contributed by atoms with Crippen LogP contribution in [0.5, 0.6) is 0 Å². The Kier molecular flexibility index (Phi) is 13.2. The van der Waals surface area contributed by atoms with Gasteiger partial charge in [-0.15, -0.1) is 0 Å². The molecular formula is C70H61N9. The molecule has 0 aromatic heterocycles. The molecule has 15 rings (SSSR count). The van der Waals surface area contributed by atoms with Crippen molar-refractivity contribution in [2.24, 2.45) is 30.0 Å². The first kappa shape index (κ1) is 50.2. The molecule has 6 heterocycles. The van der Waals surface area contributed by atoms with Gasteiger partial charge in [-0.05, 0) is 142 Å². The molecule has 9 heteroatoms. The average Bonchev–Trinajstić information content (AvgIpc) is 4.51. The lowest BCUT2D eigenvalue weighted by Crippen LogP contribution is -2.02. The van der Waals surface area contributed by atoms with Crippen molar-refractivity contribution in [2.75, 3.05) is 17.2 Å². The molecule has 6 N–H and O–H groups in total. The molecule has 0 saturated heterocycles. The highest BCUT2D eigenvalue weighted by molar-refractivity contribution is 6.12. The van der Waals surface area contributed by atoms with Crippen molar-refractivity contribution in [3.8, 4) is 0 Å². The Bertz CT molecular complexity index is 3950. The van der Waals surface area contributed by atoms with E-state index in [1.165, 1.54) is 66.8 Å². The molecule has 0 atom stereocenters. The maximum Gasteiger partial charge on any atom is 0.0690 e. The van der Waals surface area contributed by atoms with E-state index < -0.39 is 0 Å². The number of aliphatic imine (C=N–C) groups is 6. The smallest absolute Gasteiger partial charge is 0.0690 e. The topological polar surface area (TPSA) is 152 Å². The Morgan fingerprint density at radius 1 is 0.253 bits per heavy atom. The molecule has 9 aromatic carbocycles. The second kappa shape index (κ2) is 20.7. The largest absolute Gasteiger partial charge is 0.399 e. The highest BCUT2D eigenvalue weighted by atomic mass is 14.9. The van der Waals surface area contributed by atoms with E-state index in [9.17, 15) is 0 Å². The quantitative estimate of drug-likeness (QED) is 0.142. The molecule has 0 spiro atoms. The number of hydrogen-bond donors (Lipinski definition) is 3. The minimum absolute atomic E-state index is 0. The van der Waals surface area contributed by atoms with Gasteiger partial charge in [0.1, 0.15) is 0 Å². The second-order valence-electron chi connectivity index (χ2n) is 21.2. The first-order chi connectivity index (χ1) is 38.0. The number of benzene rings is 9. The van der Waals surface area contributed by atoms with Gasteiger partial charge >= 0.3 is 0 Å². The van der Waals surface area contributed by atoms with E-state index >= 15 is 0 Å². The number of nitrogen functional groups attached to an aromatic ring is 3. The van der Waals surface area contributed by atoms with Crippen LogP contribution in [0.3, 0.4) is 0 Å². The first-order valence-corrected chi connectivity index (χ1v) is 26.7. The minimum atomic E-state index is 0. The minimum Gasteiger partial charge on any atom is -0.399 e. The third-order valence-corrected chi connectivity index (χ3v) is 15.3. The van der Waals surface area contributed by atoms with Crippen LogP contribution in [0.1, 0.15) is 90.9 Å². The van der Waals surface area contributed by atoms with E-state index in [0.29, 0.717) is 0 Å². The van der Waals surface area contributed by atoms with Crippen molar-refractivity contribution in [3.05, 3.63) is 265 Å². The van der Waals surface area contributed by atoms with Crippen LogP contribution in [0, 0.1) is 20.8 Å². The average molecular weight is 1030 g/mol. The molecule has 0 amide bonds. The zero-order valence-electron chi connectivity index (χ0n) is 44.0. The second-order valence-corrected chi connectivity index (χ2v) is 21.2. The third-order valence-electron chi connectivity index (χ3n) is 15.3. The van der Waals surface area contributed by atoms with Crippen LogP contribution in [-0.2, 0) is 38.5 Å². The normalized spacial score (nSPS) is 14.5. The van der Waals surface area contributed by atoms with Crippen molar-refractivity contribution < 1.29 is 0 Å². The summed E-state index contributed by atoms with van der Waals surface area (Å²) in [6.07, 6.45) is 5.26. The number of anilines is 3. The van der Waals surface area contributed by atoms with E-state index in [-0.39, 0.29) is 7.43 Å². The maximum atomic E-state index is 5.92. The number of aryl methyl sites for hydroxylation is 3. The molecular weight excluding hydrogens is 967 g/mol. The van der Waals surface area contributed by atoms with Gasteiger partial charge in [-0.3, -0.25) is 30.0 Å². The fourth-order valence-corrected chi connectivity index (χ4v) is 11.1. The highest BCUT2D eigenvalue weighted by Gasteiger charge is 2.26. The molecule has 6 aliphatic heterocycles. The lowest BCUT2D eigenvalue weighted by atomic mass is 9.99. The van der Waals surface area contributed by atoms with Gasteiger partial charge in [0, 0.05) is 55.6 Å². The van der Waals surface area contributed by atoms with Gasteiger partial charge < -0.3 is 17.2 Å². The monoisotopic (exact) mass is 1030 g/mol. The Morgan fingerprint density at radius 3 is 0.835 bits per heavy atom. The van der Waals surface area contributed by atoms with Crippen molar-refractivity contribution in [1.82, 2.24) is 0 Å². The Hall–Kier alpha value is -9.60. The number of rotatable bonds is 6. The van der Waals surface area contributed by atoms with Crippen LogP contribution in [0.4, 0.5) is 51.2 Å². The van der Waals surface area contributed by atoms with E-state index in [1.807, 2.05) is 66.7 Å². The summed E-state index contributed by atoms with van der Waals surface area (Å²) in [5, 5.41) is 0. The van der Waals surface area contributed by atoms with E-state index in [2.05, 4.69) is 136 Å². The molecule has 0 unspecified atom stereocenters. The number of hydrogen-bond acceptors (Lipinski definition) is 9. The van der Waals surface area contributed by atoms with Crippen LogP contribution < -0.4 is 17.2 Å². The number of nitrogens with zero attached hydrogens (tertiary/aromatic N) is 6. The molecule has 9 nitrogen and oxygen atoms in total. The van der Waals surface area contributed by atoms with Crippen LogP contribution >= 0.6 is 0 Å². The zero-order chi connectivity index (χ0) is 53.0. The fraction of sp³-hybridized carbons (Fsp3) is 0.143. The third kappa shape index (κ3) is 10.4. The van der Waals surface area contributed by atoms with Gasteiger partial charge in [0.15, 0.2) is 0 Å². The molecule has 0 saturated carbocycles. The van der Waals surface area contributed by atoms with Gasteiger partial charge in [0.05, 0.1) is 68.4 Å². The number of nitrogens with two attached hydrogens (primary N) is 3. The van der Waals surface area contributed by atoms with E-state index in [1.54, 1.807) is 0 Å². The van der Waals surface area contributed by atoms with Gasteiger partial charge in [0.25, 0.3) is 0 Å². The summed E-state index contributed by atoms with van der Waals surface area (Å²) < 4.78 is 0.